The normalized spacial score (nSPS) is 17.6. The lowest BCUT2D eigenvalue weighted by Crippen LogP contribution is -2.34. The minimum Gasteiger partial charge on any atom is -0.399 e. The van der Waals surface area contributed by atoms with Crippen molar-refractivity contribution in [1.82, 2.24) is 4.31 Å². The standard InChI is InChI=1S/C12H15BrN2O2S/c1-9-4-6-15(7-5-9)18(16,17)12-8-10(14)2-3-11(12)13/h2-4,8H,5-7,14H2,1H3. The molecule has 1 aromatic rings. The predicted molar refractivity (Wildman–Crippen MR) is 75.7 cm³/mol. The van der Waals surface area contributed by atoms with E-state index in [0.717, 1.165) is 6.42 Å². The Morgan fingerprint density at radius 1 is 1.39 bits per heavy atom. The number of rotatable bonds is 2. The van der Waals surface area contributed by atoms with E-state index in [-0.39, 0.29) is 4.90 Å². The van der Waals surface area contributed by atoms with E-state index in [1.54, 1.807) is 12.1 Å². The third-order valence-electron chi connectivity index (χ3n) is 2.97. The Morgan fingerprint density at radius 3 is 2.72 bits per heavy atom. The summed E-state index contributed by atoms with van der Waals surface area (Å²) in [6.45, 7) is 2.96. The molecule has 0 atom stereocenters. The lowest BCUT2D eigenvalue weighted by molar-refractivity contribution is 0.431. The van der Waals surface area contributed by atoms with Gasteiger partial charge in [0, 0.05) is 23.2 Å². The van der Waals surface area contributed by atoms with Gasteiger partial charge in [0.15, 0.2) is 0 Å². The van der Waals surface area contributed by atoms with Crippen molar-refractivity contribution in [3.05, 3.63) is 34.3 Å². The molecule has 98 valence electrons. The number of nitrogen functional groups attached to an aromatic ring is 1. The van der Waals surface area contributed by atoms with Crippen molar-refractivity contribution in [2.75, 3.05) is 18.8 Å². The fourth-order valence-electron chi connectivity index (χ4n) is 1.83. The fraction of sp³-hybridized carbons (Fsp3) is 0.333. The number of hydrogen-bond donors (Lipinski definition) is 1. The van der Waals surface area contributed by atoms with Crippen LogP contribution in [0.3, 0.4) is 0 Å². The molecule has 1 aliphatic heterocycles. The quantitative estimate of drug-likeness (QED) is 0.668. The first-order valence-corrected chi connectivity index (χ1v) is 7.85. The van der Waals surface area contributed by atoms with Crippen LogP contribution in [0.1, 0.15) is 13.3 Å². The number of hydrogen-bond acceptors (Lipinski definition) is 3. The van der Waals surface area contributed by atoms with Gasteiger partial charge in [0.2, 0.25) is 10.0 Å². The Balaban J connectivity index is 2.40. The highest BCUT2D eigenvalue weighted by Crippen LogP contribution is 2.28. The highest BCUT2D eigenvalue weighted by molar-refractivity contribution is 9.10. The van der Waals surface area contributed by atoms with E-state index in [4.69, 9.17) is 5.73 Å². The molecule has 2 N–H and O–H groups in total. The number of sulfonamides is 1. The first-order valence-electron chi connectivity index (χ1n) is 5.62. The van der Waals surface area contributed by atoms with Gasteiger partial charge < -0.3 is 5.73 Å². The van der Waals surface area contributed by atoms with E-state index in [0.29, 0.717) is 23.2 Å². The Labute approximate surface area is 116 Å². The van der Waals surface area contributed by atoms with Crippen LogP contribution in [-0.4, -0.2) is 25.8 Å². The summed E-state index contributed by atoms with van der Waals surface area (Å²) in [5, 5.41) is 0. The molecule has 0 saturated carbocycles. The summed E-state index contributed by atoms with van der Waals surface area (Å²) in [6, 6.07) is 4.82. The van der Waals surface area contributed by atoms with E-state index in [1.807, 2.05) is 13.0 Å². The van der Waals surface area contributed by atoms with Gasteiger partial charge >= 0.3 is 0 Å². The van der Waals surface area contributed by atoms with E-state index in [2.05, 4.69) is 15.9 Å². The number of benzene rings is 1. The van der Waals surface area contributed by atoms with Gasteiger partial charge in [-0.1, -0.05) is 11.6 Å². The van der Waals surface area contributed by atoms with Crippen LogP contribution in [0.25, 0.3) is 0 Å². The van der Waals surface area contributed by atoms with E-state index in [9.17, 15) is 8.42 Å². The van der Waals surface area contributed by atoms with Gasteiger partial charge in [-0.2, -0.15) is 4.31 Å². The number of nitrogens with two attached hydrogens (primary N) is 1. The van der Waals surface area contributed by atoms with Crippen molar-refractivity contribution >= 4 is 31.6 Å². The molecule has 6 heteroatoms. The predicted octanol–water partition coefficient (Wildman–Crippen LogP) is 2.37. The van der Waals surface area contributed by atoms with Gasteiger partial charge in [0.1, 0.15) is 0 Å². The molecule has 0 unspecified atom stereocenters. The smallest absolute Gasteiger partial charge is 0.244 e. The molecule has 0 amide bonds. The highest BCUT2D eigenvalue weighted by Gasteiger charge is 2.27. The zero-order valence-electron chi connectivity index (χ0n) is 10.1. The van der Waals surface area contributed by atoms with Crippen molar-refractivity contribution in [3.8, 4) is 0 Å². The lowest BCUT2D eigenvalue weighted by atomic mass is 10.1. The number of halogens is 1. The molecule has 1 aromatic carbocycles. The first-order chi connectivity index (χ1) is 8.41. The zero-order chi connectivity index (χ0) is 13.3. The largest absolute Gasteiger partial charge is 0.399 e. The molecular formula is C12H15BrN2O2S. The van der Waals surface area contributed by atoms with Crippen molar-refractivity contribution in [3.63, 3.8) is 0 Å². The minimum atomic E-state index is -3.48. The molecule has 0 aliphatic carbocycles. The Kier molecular flexibility index (Phi) is 3.79. The summed E-state index contributed by atoms with van der Waals surface area (Å²) in [4.78, 5) is 0.232. The monoisotopic (exact) mass is 330 g/mol. The molecule has 2 rings (SSSR count). The molecule has 0 saturated heterocycles. The number of anilines is 1. The molecule has 0 spiro atoms. The average Bonchev–Trinajstić information content (AvgIpc) is 2.32. The van der Waals surface area contributed by atoms with Crippen LogP contribution in [0.5, 0.6) is 0 Å². The molecule has 18 heavy (non-hydrogen) atoms. The summed E-state index contributed by atoms with van der Waals surface area (Å²) in [5.41, 5.74) is 7.33. The fourth-order valence-corrected chi connectivity index (χ4v) is 4.17. The third kappa shape index (κ3) is 2.60. The second-order valence-electron chi connectivity index (χ2n) is 4.35. The van der Waals surface area contributed by atoms with Crippen molar-refractivity contribution in [2.24, 2.45) is 0 Å². The summed E-state index contributed by atoms with van der Waals surface area (Å²) in [6.07, 6.45) is 2.72. The van der Waals surface area contributed by atoms with E-state index < -0.39 is 10.0 Å². The maximum Gasteiger partial charge on any atom is 0.244 e. The van der Waals surface area contributed by atoms with Crippen LogP contribution in [-0.2, 0) is 10.0 Å². The van der Waals surface area contributed by atoms with Crippen molar-refractivity contribution < 1.29 is 8.42 Å². The van der Waals surface area contributed by atoms with Crippen LogP contribution in [0, 0.1) is 0 Å². The van der Waals surface area contributed by atoms with Crippen molar-refractivity contribution in [2.45, 2.75) is 18.2 Å². The van der Waals surface area contributed by atoms with Crippen LogP contribution in [0.4, 0.5) is 5.69 Å². The van der Waals surface area contributed by atoms with E-state index in [1.165, 1.54) is 15.9 Å². The van der Waals surface area contributed by atoms with Crippen molar-refractivity contribution in [1.29, 1.82) is 0 Å². The van der Waals surface area contributed by atoms with Crippen LogP contribution >= 0.6 is 15.9 Å². The summed E-state index contributed by atoms with van der Waals surface area (Å²) in [5.74, 6) is 0. The molecule has 4 nitrogen and oxygen atoms in total. The van der Waals surface area contributed by atoms with Crippen LogP contribution in [0.2, 0.25) is 0 Å². The lowest BCUT2D eigenvalue weighted by Gasteiger charge is -2.25. The van der Waals surface area contributed by atoms with E-state index >= 15 is 0 Å². The molecule has 0 radical (unpaired) electrons. The van der Waals surface area contributed by atoms with Gasteiger partial charge in [-0.05, 0) is 47.5 Å². The first kappa shape index (κ1) is 13.6. The van der Waals surface area contributed by atoms with Gasteiger partial charge in [-0.25, -0.2) is 8.42 Å². The highest BCUT2D eigenvalue weighted by atomic mass is 79.9. The van der Waals surface area contributed by atoms with Gasteiger partial charge in [-0.3, -0.25) is 0 Å². The van der Waals surface area contributed by atoms with Gasteiger partial charge in [0.25, 0.3) is 0 Å². The molecular weight excluding hydrogens is 316 g/mol. The third-order valence-corrected chi connectivity index (χ3v) is 5.83. The van der Waals surface area contributed by atoms with Crippen LogP contribution < -0.4 is 5.73 Å². The second kappa shape index (κ2) is 5.03. The second-order valence-corrected chi connectivity index (χ2v) is 7.11. The zero-order valence-corrected chi connectivity index (χ0v) is 12.5. The molecule has 0 aromatic heterocycles. The van der Waals surface area contributed by atoms with Gasteiger partial charge in [0.05, 0.1) is 4.90 Å². The Bertz CT molecular complexity index is 596. The Hall–Kier alpha value is -0.850. The maximum atomic E-state index is 12.5. The average molecular weight is 331 g/mol. The Morgan fingerprint density at radius 2 is 2.11 bits per heavy atom. The molecule has 1 aliphatic rings. The molecule has 0 fully saturated rings. The molecule has 1 heterocycles. The maximum absolute atomic E-state index is 12.5. The summed E-state index contributed by atoms with van der Waals surface area (Å²) < 4.78 is 27.0. The summed E-state index contributed by atoms with van der Waals surface area (Å²) >= 11 is 3.27. The SMILES string of the molecule is CC1=CCN(S(=O)(=O)c2cc(N)ccc2Br)CC1. The minimum absolute atomic E-state index is 0.232. The van der Waals surface area contributed by atoms with Gasteiger partial charge in [-0.15, -0.1) is 0 Å². The van der Waals surface area contributed by atoms with Crippen LogP contribution in [0.15, 0.2) is 39.2 Å². The topological polar surface area (TPSA) is 63.4 Å². The summed E-state index contributed by atoms with van der Waals surface area (Å²) in [7, 11) is -3.48. The number of nitrogens with zero attached hydrogens (tertiary/aromatic N) is 1. The molecule has 0 bridgehead atoms.